The van der Waals surface area contributed by atoms with Gasteiger partial charge in [0.15, 0.2) is 0 Å². The SMILES string of the molecule is O=C(NC1CCC1)C1=NOC2(CCN(C(=O)C3[C@H]4COC[C@@H]34)CC2)C1. The van der Waals surface area contributed by atoms with Gasteiger partial charge in [0.05, 0.1) is 13.2 Å². The van der Waals surface area contributed by atoms with Gasteiger partial charge in [0.2, 0.25) is 5.91 Å². The third kappa shape index (κ3) is 2.63. The number of carbonyl (C=O) groups excluding carboxylic acids is 2. The lowest BCUT2D eigenvalue weighted by molar-refractivity contribution is -0.139. The molecule has 3 heterocycles. The van der Waals surface area contributed by atoms with Gasteiger partial charge >= 0.3 is 0 Å². The maximum atomic E-state index is 12.6. The maximum absolute atomic E-state index is 12.6. The molecule has 0 aromatic rings. The smallest absolute Gasteiger partial charge is 0.269 e. The summed E-state index contributed by atoms with van der Waals surface area (Å²) in [6.45, 7) is 2.88. The van der Waals surface area contributed by atoms with Crippen molar-refractivity contribution >= 4 is 17.5 Å². The zero-order valence-corrected chi connectivity index (χ0v) is 14.4. The van der Waals surface area contributed by atoms with Crippen LogP contribution in [0.2, 0.25) is 0 Å². The summed E-state index contributed by atoms with van der Waals surface area (Å²) in [6, 6.07) is 0.313. The van der Waals surface area contributed by atoms with Crippen LogP contribution in [0.1, 0.15) is 38.5 Å². The Morgan fingerprint density at radius 2 is 1.88 bits per heavy atom. The van der Waals surface area contributed by atoms with Gasteiger partial charge in [0, 0.05) is 44.3 Å². The number of fused-ring (bicyclic) bond motifs is 1. The van der Waals surface area contributed by atoms with Crippen LogP contribution in [0.5, 0.6) is 0 Å². The van der Waals surface area contributed by atoms with Crippen molar-refractivity contribution in [3.63, 3.8) is 0 Å². The summed E-state index contributed by atoms with van der Waals surface area (Å²) in [5.41, 5.74) is 0.131. The second kappa shape index (κ2) is 5.69. The summed E-state index contributed by atoms with van der Waals surface area (Å²) in [5, 5.41) is 7.10. The van der Waals surface area contributed by atoms with Gasteiger partial charge in [0.25, 0.3) is 5.91 Å². The molecule has 25 heavy (non-hydrogen) atoms. The minimum atomic E-state index is -0.383. The van der Waals surface area contributed by atoms with Crippen molar-refractivity contribution in [3.05, 3.63) is 0 Å². The van der Waals surface area contributed by atoms with Crippen molar-refractivity contribution < 1.29 is 19.2 Å². The number of oxime groups is 1. The zero-order valence-electron chi connectivity index (χ0n) is 14.4. The summed E-state index contributed by atoms with van der Waals surface area (Å²) in [6.07, 6.45) is 5.39. The van der Waals surface area contributed by atoms with Crippen molar-refractivity contribution in [1.29, 1.82) is 0 Å². The molecule has 5 rings (SSSR count). The van der Waals surface area contributed by atoms with E-state index in [0.717, 1.165) is 38.9 Å². The molecule has 0 bridgehead atoms. The standard InChI is InChI=1S/C18H25N3O4/c22-16(19-11-2-1-3-11)14-8-18(25-20-14)4-6-21(7-5-18)17(23)15-12-9-24-10-13(12)15/h11-13,15H,1-10H2,(H,19,22)/t12-,13+,15?. The largest absolute Gasteiger partial charge is 0.388 e. The van der Waals surface area contributed by atoms with E-state index in [2.05, 4.69) is 10.5 Å². The van der Waals surface area contributed by atoms with Gasteiger partial charge in [-0.25, -0.2) is 0 Å². The third-order valence-corrected chi connectivity index (χ3v) is 6.77. The molecule has 2 aliphatic carbocycles. The predicted octanol–water partition coefficient (Wildman–Crippen LogP) is 0.685. The van der Waals surface area contributed by atoms with E-state index >= 15 is 0 Å². The zero-order chi connectivity index (χ0) is 17.0. The molecule has 1 spiro atoms. The highest BCUT2D eigenvalue weighted by molar-refractivity contribution is 6.39. The number of piperidine rings is 1. The van der Waals surface area contributed by atoms with Crippen molar-refractivity contribution in [3.8, 4) is 0 Å². The minimum Gasteiger partial charge on any atom is -0.388 e. The van der Waals surface area contributed by atoms with E-state index in [1.807, 2.05) is 4.90 Å². The van der Waals surface area contributed by atoms with Crippen LogP contribution in [0.3, 0.4) is 0 Å². The van der Waals surface area contributed by atoms with Crippen LogP contribution in [0.25, 0.3) is 0 Å². The first kappa shape index (κ1) is 15.6. The number of hydrogen-bond acceptors (Lipinski definition) is 5. The summed E-state index contributed by atoms with van der Waals surface area (Å²) < 4.78 is 5.38. The highest BCUT2D eigenvalue weighted by Gasteiger charge is 2.59. The number of hydrogen-bond donors (Lipinski definition) is 1. The topological polar surface area (TPSA) is 80.2 Å². The fourth-order valence-electron chi connectivity index (χ4n) is 4.68. The monoisotopic (exact) mass is 347 g/mol. The van der Waals surface area contributed by atoms with Gasteiger partial charge in [-0.05, 0) is 31.1 Å². The van der Waals surface area contributed by atoms with Crippen LogP contribution >= 0.6 is 0 Å². The molecule has 3 atom stereocenters. The lowest BCUT2D eigenvalue weighted by Crippen LogP contribution is -2.48. The molecule has 4 fully saturated rings. The summed E-state index contributed by atoms with van der Waals surface area (Å²) in [7, 11) is 0. The molecule has 5 aliphatic rings. The van der Waals surface area contributed by atoms with E-state index in [9.17, 15) is 9.59 Å². The molecule has 2 saturated carbocycles. The average molecular weight is 347 g/mol. The van der Waals surface area contributed by atoms with Crippen molar-refractivity contribution in [1.82, 2.24) is 10.2 Å². The number of nitrogens with zero attached hydrogens (tertiary/aromatic N) is 2. The van der Waals surface area contributed by atoms with E-state index in [0.29, 0.717) is 43.1 Å². The first-order valence-electron chi connectivity index (χ1n) is 9.58. The van der Waals surface area contributed by atoms with Gasteiger partial charge in [-0.1, -0.05) is 5.16 Å². The molecule has 1 unspecified atom stereocenters. The Hall–Kier alpha value is -1.63. The lowest BCUT2D eigenvalue weighted by Gasteiger charge is -2.37. The summed E-state index contributed by atoms with van der Waals surface area (Å²) in [4.78, 5) is 32.6. The Bertz CT molecular complexity index is 612. The van der Waals surface area contributed by atoms with Crippen LogP contribution in [-0.4, -0.2) is 60.4 Å². The number of nitrogens with one attached hydrogen (secondary N) is 1. The molecule has 7 nitrogen and oxygen atoms in total. The Morgan fingerprint density at radius 1 is 1.16 bits per heavy atom. The summed E-state index contributed by atoms with van der Waals surface area (Å²) in [5.74, 6) is 1.31. The maximum Gasteiger partial charge on any atom is 0.269 e. The van der Waals surface area contributed by atoms with E-state index in [1.54, 1.807) is 0 Å². The van der Waals surface area contributed by atoms with Gasteiger partial charge in [-0.3, -0.25) is 9.59 Å². The third-order valence-electron chi connectivity index (χ3n) is 6.77. The molecule has 0 aromatic heterocycles. The van der Waals surface area contributed by atoms with Crippen molar-refractivity contribution in [2.45, 2.75) is 50.2 Å². The van der Waals surface area contributed by atoms with Crippen LogP contribution in [0, 0.1) is 17.8 Å². The van der Waals surface area contributed by atoms with Crippen LogP contribution in [-0.2, 0) is 19.2 Å². The number of carbonyl (C=O) groups is 2. The molecule has 7 heteroatoms. The molecule has 3 aliphatic heterocycles. The van der Waals surface area contributed by atoms with Crippen LogP contribution < -0.4 is 5.32 Å². The molecule has 136 valence electrons. The average Bonchev–Trinajstić information content (AvgIpc) is 2.93. The fraction of sp³-hybridized carbons (Fsp3) is 0.833. The van der Waals surface area contributed by atoms with E-state index in [4.69, 9.17) is 9.57 Å². The Kier molecular flexibility index (Phi) is 3.55. The second-order valence-corrected chi connectivity index (χ2v) is 8.31. The molecular formula is C18H25N3O4. The molecule has 2 amide bonds. The minimum absolute atomic E-state index is 0.0779. The molecule has 1 N–H and O–H groups in total. The fourth-order valence-corrected chi connectivity index (χ4v) is 4.68. The van der Waals surface area contributed by atoms with E-state index in [1.165, 1.54) is 6.42 Å². The van der Waals surface area contributed by atoms with Crippen molar-refractivity contribution in [2.24, 2.45) is 22.9 Å². The van der Waals surface area contributed by atoms with Gasteiger partial charge in [-0.15, -0.1) is 0 Å². The second-order valence-electron chi connectivity index (χ2n) is 8.31. The molecule has 0 radical (unpaired) electrons. The number of ether oxygens (including phenoxy) is 1. The summed E-state index contributed by atoms with van der Waals surface area (Å²) >= 11 is 0. The Labute approximate surface area is 147 Å². The first-order valence-corrected chi connectivity index (χ1v) is 9.58. The Balaban J connectivity index is 1.13. The van der Waals surface area contributed by atoms with E-state index < -0.39 is 0 Å². The van der Waals surface area contributed by atoms with Crippen molar-refractivity contribution in [2.75, 3.05) is 26.3 Å². The van der Waals surface area contributed by atoms with Gasteiger partial charge in [-0.2, -0.15) is 0 Å². The van der Waals surface area contributed by atoms with E-state index in [-0.39, 0.29) is 23.3 Å². The number of amides is 2. The number of rotatable bonds is 3. The first-order chi connectivity index (χ1) is 12.2. The quantitative estimate of drug-likeness (QED) is 0.814. The Morgan fingerprint density at radius 3 is 2.52 bits per heavy atom. The molecular weight excluding hydrogens is 322 g/mol. The van der Waals surface area contributed by atoms with Gasteiger partial charge in [0.1, 0.15) is 11.3 Å². The predicted molar refractivity (Wildman–Crippen MR) is 88.8 cm³/mol. The highest BCUT2D eigenvalue weighted by atomic mass is 16.7. The number of likely N-dealkylation sites (tertiary alicyclic amines) is 1. The highest BCUT2D eigenvalue weighted by Crippen LogP contribution is 2.52. The van der Waals surface area contributed by atoms with Crippen LogP contribution in [0.4, 0.5) is 0 Å². The molecule has 0 aromatic carbocycles. The normalized spacial score (nSPS) is 35.6. The molecule has 2 saturated heterocycles. The van der Waals surface area contributed by atoms with Gasteiger partial charge < -0.3 is 19.8 Å². The van der Waals surface area contributed by atoms with Crippen LogP contribution in [0.15, 0.2) is 5.16 Å². The lowest BCUT2D eigenvalue weighted by atomic mass is 9.86.